The predicted molar refractivity (Wildman–Crippen MR) is 73.6 cm³/mol. The number of anilines is 1. The first-order valence-corrected chi connectivity index (χ1v) is 8.53. The van der Waals surface area contributed by atoms with Gasteiger partial charge in [-0.05, 0) is 12.8 Å². The summed E-state index contributed by atoms with van der Waals surface area (Å²) in [4.78, 5) is 14.8. The minimum atomic E-state index is -3.52. The first kappa shape index (κ1) is 14.4. The molecule has 1 aromatic rings. The van der Waals surface area contributed by atoms with Crippen molar-refractivity contribution in [2.75, 3.05) is 5.32 Å². The fraction of sp³-hybridized carbons (Fsp3) is 0.636. The summed E-state index contributed by atoms with van der Waals surface area (Å²) in [5, 5.41) is 2.78. The SMILES string of the molecule is CC(=O)Nc1ncc(S(=O)(=O)NC2CCCCC2)s1. The van der Waals surface area contributed by atoms with E-state index in [-0.39, 0.29) is 16.2 Å². The highest BCUT2D eigenvalue weighted by Gasteiger charge is 2.23. The molecular weight excluding hydrogens is 286 g/mol. The Balaban J connectivity index is 2.06. The van der Waals surface area contributed by atoms with Crippen LogP contribution in [-0.2, 0) is 14.8 Å². The Morgan fingerprint density at radius 3 is 2.68 bits per heavy atom. The molecule has 19 heavy (non-hydrogen) atoms. The summed E-state index contributed by atoms with van der Waals surface area (Å²) >= 11 is 0.963. The van der Waals surface area contributed by atoms with Crippen LogP contribution in [0.25, 0.3) is 0 Å². The Morgan fingerprint density at radius 1 is 1.37 bits per heavy atom. The van der Waals surface area contributed by atoms with E-state index in [9.17, 15) is 13.2 Å². The van der Waals surface area contributed by atoms with Crippen LogP contribution < -0.4 is 10.0 Å². The fourth-order valence-corrected chi connectivity index (χ4v) is 4.49. The lowest BCUT2D eigenvalue weighted by atomic mass is 9.96. The molecule has 8 heteroatoms. The van der Waals surface area contributed by atoms with E-state index in [2.05, 4.69) is 15.0 Å². The predicted octanol–water partition coefficient (Wildman–Crippen LogP) is 1.71. The van der Waals surface area contributed by atoms with E-state index in [0.29, 0.717) is 5.13 Å². The van der Waals surface area contributed by atoms with Gasteiger partial charge in [0.1, 0.15) is 0 Å². The molecule has 0 aliphatic heterocycles. The second kappa shape index (κ2) is 5.98. The van der Waals surface area contributed by atoms with Crippen molar-refractivity contribution in [3.05, 3.63) is 6.20 Å². The van der Waals surface area contributed by atoms with Crippen molar-refractivity contribution in [2.24, 2.45) is 0 Å². The largest absolute Gasteiger partial charge is 0.302 e. The third-order valence-corrected chi connectivity index (χ3v) is 5.85. The van der Waals surface area contributed by atoms with Gasteiger partial charge in [-0.15, -0.1) is 0 Å². The van der Waals surface area contributed by atoms with E-state index < -0.39 is 10.0 Å². The normalized spacial score (nSPS) is 17.3. The fourth-order valence-electron chi connectivity index (χ4n) is 2.09. The molecule has 1 saturated carbocycles. The van der Waals surface area contributed by atoms with Gasteiger partial charge in [-0.3, -0.25) is 4.79 Å². The Hall–Kier alpha value is -0.990. The van der Waals surface area contributed by atoms with Crippen molar-refractivity contribution in [3.8, 4) is 0 Å². The second-order valence-corrected chi connectivity index (χ2v) is 7.59. The molecule has 0 spiro atoms. The molecule has 0 aromatic carbocycles. The number of nitrogens with one attached hydrogen (secondary N) is 2. The highest BCUT2D eigenvalue weighted by Crippen LogP contribution is 2.25. The molecule has 2 N–H and O–H groups in total. The van der Waals surface area contributed by atoms with E-state index in [1.807, 2.05) is 0 Å². The monoisotopic (exact) mass is 303 g/mol. The number of amides is 1. The smallest absolute Gasteiger partial charge is 0.251 e. The molecule has 106 valence electrons. The van der Waals surface area contributed by atoms with Crippen LogP contribution in [0, 0.1) is 0 Å². The zero-order valence-corrected chi connectivity index (χ0v) is 12.3. The van der Waals surface area contributed by atoms with Crippen LogP contribution in [0.15, 0.2) is 10.4 Å². The average Bonchev–Trinajstić information content (AvgIpc) is 2.78. The number of sulfonamides is 1. The zero-order valence-electron chi connectivity index (χ0n) is 10.7. The summed E-state index contributed by atoms with van der Waals surface area (Å²) in [5.41, 5.74) is 0. The van der Waals surface area contributed by atoms with Crippen LogP contribution in [0.4, 0.5) is 5.13 Å². The maximum atomic E-state index is 12.1. The average molecular weight is 303 g/mol. The van der Waals surface area contributed by atoms with Crippen LogP contribution in [0.3, 0.4) is 0 Å². The third kappa shape index (κ3) is 3.99. The van der Waals surface area contributed by atoms with E-state index in [1.165, 1.54) is 19.5 Å². The number of hydrogen-bond donors (Lipinski definition) is 2. The lowest BCUT2D eigenvalue weighted by Gasteiger charge is -2.21. The Morgan fingerprint density at radius 2 is 2.05 bits per heavy atom. The van der Waals surface area contributed by atoms with Crippen LogP contribution in [0.2, 0.25) is 0 Å². The maximum absolute atomic E-state index is 12.1. The molecule has 1 aliphatic carbocycles. The van der Waals surface area contributed by atoms with Crippen molar-refractivity contribution < 1.29 is 13.2 Å². The molecule has 0 radical (unpaired) electrons. The highest BCUT2D eigenvalue weighted by molar-refractivity contribution is 7.91. The second-order valence-electron chi connectivity index (χ2n) is 4.62. The number of rotatable bonds is 4. The van der Waals surface area contributed by atoms with E-state index in [0.717, 1.165) is 37.0 Å². The third-order valence-electron chi connectivity index (χ3n) is 2.96. The molecule has 6 nitrogen and oxygen atoms in total. The molecule has 1 heterocycles. The van der Waals surface area contributed by atoms with Crippen molar-refractivity contribution in [1.29, 1.82) is 0 Å². The minimum Gasteiger partial charge on any atom is -0.302 e. The van der Waals surface area contributed by atoms with Gasteiger partial charge in [0, 0.05) is 13.0 Å². The first-order valence-electron chi connectivity index (χ1n) is 6.23. The van der Waals surface area contributed by atoms with Crippen LogP contribution >= 0.6 is 11.3 Å². The van der Waals surface area contributed by atoms with Gasteiger partial charge in [-0.2, -0.15) is 0 Å². The molecule has 0 atom stereocenters. The molecule has 0 bridgehead atoms. The number of hydrogen-bond acceptors (Lipinski definition) is 5. The van der Waals surface area contributed by atoms with Gasteiger partial charge in [0.2, 0.25) is 5.91 Å². The molecule has 0 unspecified atom stereocenters. The number of carbonyl (C=O) groups is 1. The summed E-state index contributed by atoms with van der Waals surface area (Å²) in [6.45, 7) is 1.36. The van der Waals surface area contributed by atoms with Gasteiger partial charge in [0.15, 0.2) is 9.34 Å². The van der Waals surface area contributed by atoms with Crippen molar-refractivity contribution in [2.45, 2.75) is 49.3 Å². The van der Waals surface area contributed by atoms with Crippen molar-refractivity contribution in [1.82, 2.24) is 9.71 Å². The molecular formula is C11H17N3O3S2. The summed E-state index contributed by atoms with van der Waals surface area (Å²) < 4.78 is 27.1. The van der Waals surface area contributed by atoms with Crippen LogP contribution in [0.1, 0.15) is 39.0 Å². The molecule has 1 aromatic heterocycles. The van der Waals surface area contributed by atoms with E-state index in [4.69, 9.17) is 0 Å². The van der Waals surface area contributed by atoms with Gasteiger partial charge in [-0.25, -0.2) is 18.1 Å². The van der Waals surface area contributed by atoms with Gasteiger partial charge in [0.25, 0.3) is 10.0 Å². The Kier molecular flexibility index (Phi) is 4.54. The zero-order chi connectivity index (χ0) is 13.9. The van der Waals surface area contributed by atoms with Gasteiger partial charge >= 0.3 is 0 Å². The molecule has 1 aliphatic rings. The van der Waals surface area contributed by atoms with Crippen molar-refractivity contribution >= 4 is 32.4 Å². The van der Waals surface area contributed by atoms with E-state index >= 15 is 0 Å². The van der Waals surface area contributed by atoms with Crippen LogP contribution in [0.5, 0.6) is 0 Å². The van der Waals surface area contributed by atoms with E-state index in [1.54, 1.807) is 0 Å². The summed E-state index contributed by atoms with van der Waals surface area (Å²) in [6, 6.07) is 0.0186. The lowest BCUT2D eigenvalue weighted by Crippen LogP contribution is -2.35. The lowest BCUT2D eigenvalue weighted by molar-refractivity contribution is -0.114. The van der Waals surface area contributed by atoms with Gasteiger partial charge in [0.05, 0.1) is 6.20 Å². The summed E-state index contributed by atoms with van der Waals surface area (Å²) in [5.74, 6) is -0.265. The molecule has 1 fully saturated rings. The molecule has 0 saturated heterocycles. The Labute approximate surface area is 116 Å². The van der Waals surface area contributed by atoms with Crippen LogP contribution in [-0.4, -0.2) is 25.4 Å². The van der Waals surface area contributed by atoms with Gasteiger partial charge < -0.3 is 5.32 Å². The summed E-state index contributed by atoms with van der Waals surface area (Å²) in [6.07, 6.45) is 6.35. The number of carbonyl (C=O) groups excluding carboxylic acids is 1. The molecule has 1 amide bonds. The van der Waals surface area contributed by atoms with Crippen molar-refractivity contribution in [3.63, 3.8) is 0 Å². The number of nitrogens with zero attached hydrogens (tertiary/aromatic N) is 1. The minimum absolute atomic E-state index is 0.0186. The van der Waals surface area contributed by atoms with Gasteiger partial charge in [-0.1, -0.05) is 30.6 Å². The standard InChI is InChI=1S/C11H17N3O3S2/c1-8(15)13-11-12-7-10(18-11)19(16,17)14-9-5-3-2-4-6-9/h7,9,14H,2-6H2,1H3,(H,12,13,15). The Bertz CT molecular complexity index is 547. The number of aromatic nitrogens is 1. The molecule has 2 rings (SSSR count). The summed E-state index contributed by atoms with van der Waals surface area (Å²) in [7, 11) is -3.52. The first-order chi connectivity index (χ1) is 8.97. The quantitative estimate of drug-likeness (QED) is 0.886. The topological polar surface area (TPSA) is 88.2 Å². The maximum Gasteiger partial charge on any atom is 0.251 e. The number of thiazole rings is 1. The highest BCUT2D eigenvalue weighted by atomic mass is 32.2.